The molecule has 17 heavy (non-hydrogen) atoms. The van der Waals surface area contributed by atoms with Crippen LogP contribution in [-0.2, 0) is 0 Å². The van der Waals surface area contributed by atoms with Crippen molar-refractivity contribution in [1.29, 1.82) is 0 Å². The van der Waals surface area contributed by atoms with Gasteiger partial charge in [0.1, 0.15) is 5.82 Å². The second-order valence-electron chi connectivity index (χ2n) is 4.48. The lowest BCUT2D eigenvalue weighted by Gasteiger charge is -2.27. The number of anilines is 1. The SMILES string of the molecule is CNCCC1CCCN1c1ccc(F)c(Cl)c1. The summed E-state index contributed by atoms with van der Waals surface area (Å²) in [7, 11) is 1.97. The lowest BCUT2D eigenvalue weighted by molar-refractivity contribution is 0.584. The van der Waals surface area contributed by atoms with Crippen molar-refractivity contribution in [3.8, 4) is 0 Å². The Bertz CT molecular complexity index is 384. The largest absolute Gasteiger partial charge is 0.368 e. The summed E-state index contributed by atoms with van der Waals surface area (Å²) in [6.45, 7) is 2.05. The average Bonchev–Trinajstić information content (AvgIpc) is 2.78. The highest BCUT2D eigenvalue weighted by Gasteiger charge is 2.24. The van der Waals surface area contributed by atoms with E-state index in [1.807, 2.05) is 13.1 Å². The van der Waals surface area contributed by atoms with Crippen molar-refractivity contribution in [2.24, 2.45) is 0 Å². The second-order valence-corrected chi connectivity index (χ2v) is 4.89. The number of hydrogen-bond acceptors (Lipinski definition) is 2. The van der Waals surface area contributed by atoms with E-state index in [1.165, 1.54) is 18.9 Å². The standard InChI is InChI=1S/C13H18ClFN2/c1-16-7-6-10-3-2-8-17(10)11-4-5-13(15)12(14)9-11/h4-5,9-10,16H,2-3,6-8H2,1H3. The molecule has 1 aliphatic rings. The first-order valence-electron chi connectivity index (χ1n) is 6.08. The molecule has 1 aromatic rings. The maximum absolute atomic E-state index is 13.1. The summed E-state index contributed by atoms with van der Waals surface area (Å²) in [5.41, 5.74) is 1.04. The van der Waals surface area contributed by atoms with E-state index in [-0.39, 0.29) is 10.8 Å². The maximum atomic E-state index is 13.1. The zero-order valence-corrected chi connectivity index (χ0v) is 10.8. The molecule has 1 aromatic carbocycles. The van der Waals surface area contributed by atoms with Crippen molar-refractivity contribution in [2.75, 3.05) is 25.0 Å². The van der Waals surface area contributed by atoms with Crippen LogP contribution in [0.4, 0.5) is 10.1 Å². The van der Waals surface area contributed by atoms with Crippen LogP contribution in [-0.4, -0.2) is 26.2 Å². The highest BCUT2D eigenvalue weighted by atomic mass is 35.5. The molecule has 0 bridgehead atoms. The molecule has 2 nitrogen and oxygen atoms in total. The quantitative estimate of drug-likeness (QED) is 0.891. The number of nitrogens with one attached hydrogen (secondary N) is 1. The summed E-state index contributed by atoms with van der Waals surface area (Å²) in [5.74, 6) is -0.346. The fourth-order valence-electron chi connectivity index (χ4n) is 2.45. The molecule has 0 saturated carbocycles. The highest BCUT2D eigenvalue weighted by molar-refractivity contribution is 6.31. The van der Waals surface area contributed by atoms with Crippen molar-refractivity contribution in [3.63, 3.8) is 0 Å². The van der Waals surface area contributed by atoms with Crippen LogP contribution >= 0.6 is 11.6 Å². The smallest absolute Gasteiger partial charge is 0.141 e. The number of nitrogens with zero attached hydrogens (tertiary/aromatic N) is 1. The van der Waals surface area contributed by atoms with E-state index in [0.29, 0.717) is 6.04 Å². The van der Waals surface area contributed by atoms with E-state index in [1.54, 1.807) is 6.07 Å². The zero-order chi connectivity index (χ0) is 12.3. The zero-order valence-electron chi connectivity index (χ0n) is 10.0. The number of hydrogen-bond donors (Lipinski definition) is 1. The third-order valence-corrected chi connectivity index (χ3v) is 3.63. The molecule has 2 rings (SSSR count). The Kier molecular flexibility index (Phi) is 4.24. The van der Waals surface area contributed by atoms with Crippen LogP contribution in [0, 0.1) is 5.82 Å². The third-order valence-electron chi connectivity index (χ3n) is 3.34. The minimum Gasteiger partial charge on any atom is -0.368 e. The van der Waals surface area contributed by atoms with E-state index in [4.69, 9.17) is 11.6 Å². The van der Waals surface area contributed by atoms with Crippen molar-refractivity contribution in [1.82, 2.24) is 5.32 Å². The molecule has 0 aliphatic carbocycles. The number of halogens is 2. The van der Waals surface area contributed by atoms with Crippen LogP contribution in [0.25, 0.3) is 0 Å². The fourth-order valence-corrected chi connectivity index (χ4v) is 2.63. The Morgan fingerprint density at radius 3 is 3.06 bits per heavy atom. The van der Waals surface area contributed by atoms with Gasteiger partial charge in [0.2, 0.25) is 0 Å². The first-order valence-corrected chi connectivity index (χ1v) is 6.46. The van der Waals surface area contributed by atoms with Gasteiger partial charge in [-0.3, -0.25) is 0 Å². The monoisotopic (exact) mass is 256 g/mol. The summed E-state index contributed by atoms with van der Waals surface area (Å²) < 4.78 is 13.1. The van der Waals surface area contributed by atoms with E-state index in [2.05, 4.69) is 10.2 Å². The molecule has 0 radical (unpaired) electrons. The van der Waals surface area contributed by atoms with Gasteiger partial charge in [-0.1, -0.05) is 11.6 Å². The van der Waals surface area contributed by atoms with Gasteiger partial charge in [0.25, 0.3) is 0 Å². The molecule has 1 aliphatic heterocycles. The first kappa shape index (κ1) is 12.7. The van der Waals surface area contributed by atoms with Gasteiger partial charge in [0.05, 0.1) is 5.02 Å². The minimum atomic E-state index is -0.346. The molecule has 0 spiro atoms. The lowest BCUT2D eigenvalue weighted by atomic mass is 10.1. The molecule has 1 atom stereocenters. The topological polar surface area (TPSA) is 15.3 Å². The Labute approximate surface area is 107 Å². The lowest BCUT2D eigenvalue weighted by Crippen LogP contribution is -2.31. The molecule has 94 valence electrons. The van der Waals surface area contributed by atoms with Gasteiger partial charge in [-0.05, 0) is 51.1 Å². The summed E-state index contributed by atoms with van der Waals surface area (Å²) in [5, 5.41) is 3.38. The molecule has 1 fully saturated rings. The van der Waals surface area contributed by atoms with Crippen molar-refractivity contribution in [2.45, 2.75) is 25.3 Å². The Morgan fingerprint density at radius 2 is 2.35 bits per heavy atom. The summed E-state index contributed by atoms with van der Waals surface area (Å²) in [6, 6.07) is 5.54. The third kappa shape index (κ3) is 2.90. The van der Waals surface area contributed by atoms with E-state index >= 15 is 0 Å². The molecular weight excluding hydrogens is 239 g/mol. The van der Waals surface area contributed by atoms with E-state index < -0.39 is 0 Å². The summed E-state index contributed by atoms with van der Waals surface area (Å²) >= 11 is 5.83. The van der Waals surface area contributed by atoms with Crippen molar-refractivity contribution < 1.29 is 4.39 Å². The molecule has 1 N–H and O–H groups in total. The Balaban J connectivity index is 2.11. The molecule has 1 unspecified atom stereocenters. The van der Waals surface area contributed by atoms with Crippen LogP contribution in [0.3, 0.4) is 0 Å². The molecule has 0 aromatic heterocycles. The van der Waals surface area contributed by atoms with Gasteiger partial charge < -0.3 is 10.2 Å². The predicted molar refractivity (Wildman–Crippen MR) is 70.3 cm³/mol. The fraction of sp³-hybridized carbons (Fsp3) is 0.538. The average molecular weight is 257 g/mol. The molecule has 0 amide bonds. The van der Waals surface area contributed by atoms with Gasteiger partial charge in [-0.15, -0.1) is 0 Å². The number of benzene rings is 1. The van der Waals surface area contributed by atoms with Crippen LogP contribution in [0.2, 0.25) is 5.02 Å². The second kappa shape index (κ2) is 5.69. The molecule has 1 heterocycles. The summed E-state index contributed by atoms with van der Waals surface area (Å²) in [6.07, 6.45) is 3.52. The van der Waals surface area contributed by atoms with Gasteiger partial charge in [-0.25, -0.2) is 4.39 Å². The summed E-state index contributed by atoms with van der Waals surface area (Å²) in [4.78, 5) is 2.34. The number of rotatable bonds is 4. The van der Waals surface area contributed by atoms with Gasteiger partial charge in [-0.2, -0.15) is 0 Å². The van der Waals surface area contributed by atoms with Crippen molar-refractivity contribution in [3.05, 3.63) is 29.0 Å². The highest BCUT2D eigenvalue weighted by Crippen LogP contribution is 2.29. The van der Waals surface area contributed by atoms with Crippen LogP contribution in [0.1, 0.15) is 19.3 Å². The van der Waals surface area contributed by atoms with Crippen LogP contribution in [0.15, 0.2) is 18.2 Å². The van der Waals surface area contributed by atoms with Gasteiger partial charge >= 0.3 is 0 Å². The predicted octanol–water partition coefficient (Wildman–Crippen LogP) is 3.06. The van der Waals surface area contributed by atoms with E-state index in [0.717, 1.165) is 25.2 Å². The molecule has 1 saturated heterocycles. The first-order chi connectivity index (χ1) is 8.22. The molecular formula is C13H18ClFN2. The van der Waals surface area contributed by atoms with Crippen molar-refractivity contribution >= 4 is 17.3 Å². The minimum absolute atomic E-state index is 0.210. The normalized spacial score (nSPS) is 19.9. The maximum Gasteiger partial charge on any atom is 0.141 e. The van der Waals surface area contributed by atoms with E-state index in [9.17, 15) is 4.39 Å². The molecule has 4 heteroatoms. The Hall–Kier alpha value is -0.800. The van der Waals surface area contributed by atoms with Crippen LogP contribution < -0.4 is 10.2 Å². The Morgan fingerprint density at radius 1 is 1.53 bits per heavy atom. The van der Waals surface area contributed by atoms with Gasteiger partial charge in [0, 0.05) is 18.3 Å². The van der Waals surface area contributed by atoms with Gasteiger partial charge in [0.15, 0.2) is 0 Å². The van der Waals surface area contributed by atoms with Crippen LogP contribution in [0.5, 0.6) is 0 Å².